The normalized spacial score (nSPS) is 11.9. The van der Waals surface area contributed by atoms with Crippen LogP contribution in [-0.2, 0) is 4.79 Å². The van der Waals surface area contributed by atoms with E-state index in [9.17, 15) is 4.79 Å². The smallest absolute Gasteiger partial charge is 0.233 e. The maximum Gasteiger partial charge on any atom is 0.233 e. The summed E-state index contributed by atoms with van der Waals surface area (Å²) >= 11 is 0. The minimum absolute atomic E-state index is 0.0626. The molecule has 0 saturated heterocycles. The average Bonchev–Trinajstić information content (AvgIpc) is 2.46. The Labute approximate surface area is 119 Å². The van der Waals surface area contributed by atoms with E-state index in [4.69, 9.17) is 5.73 Å². The molecule has 0 aromatic heterocycles. The van der Waals surface area contributed by atoms with Crippen LogP contribution in [0.15, 0.2) is 48.5 Å². The van der Waals surface area contributed by atoms with Crippen LogP contribution in [-0.4, -0.2) is 12.5 Å². The molecule has 2 aromatic carbocycles. The molecule has 0 aliphatic heterocycles. The van der Waals surface area contributed by atoms with Crippen molar-refractivity contribution >= 4 is 11.6 Å². The summed E-state index contributed by atoms with van der Waals surface area (Å²) in [5, 5.41) is 2.98. The second kappa shape index (κ2) is 6.35. The second-order valence-electron chi connectivity index (χ2n) is 4.94. The fourth-order valence-corrected chi connectivity index (χ4v) is 2.19. The molecule has 2 rings (SSSR count). The third kappa shape index (κ3) is 3.06. The highest BCUT2D eigenvalue weighted by atomic mass is 16.1. The number of anilines is 1. The van der Waals surface area contributed by atoms with Gasteiger partial charge in [-0.3, -0.25) is 4.79 Å². The largest absolute Gasteiger partial charge is 0.329 e. The van der Waals surface area contributed by atoms with Crippen molar-refractivity contribution < 1.29 is 4.79 Å². The molecule has 0 spiro atoms. The summed E-state index contributed by atoms with van der Waals surface area (Å²) in [4.78, 5) is 12.4. The molecule has 1 unspecified atom stereocenters. The van der Waals surface area contributed by atoms with Crippen LogP contribution in [0.1, 0.15) is 22.6 Å². The van der Waals surface area contributed by atoms with Crippen LogP contribution in [0.5, 0.6) is 0 Å². The molecule has 0 aliphatic rings. The highest BCUT2D eigenvalue weighted by Gasteiger charge is 2.19. The summed E-state index contributed by atoms with van der Waals surface area (Å²) in [5.41, 5.74) is 9.81. The zero-order chi connectivity index (χ0) is 14.5. The van der Waals surface area contributed by atoms with E-state index in [1.54, 1.807) is 0 Å². The molecule has 0 radical (unpaired) electrons. The summed E-state index contributed by atoms with van der Waals surface area (Å²) in [7, 11) is 0. The van der Waals surface area contributed by atoms with Crippen molar-refractivity contribution in [3.8, 4) is 0 Å². The molecule has 1 amide bonds. The zero-order valence-electron chi connectivity index (χ0n) is 11.9. The summed E-state index contributed by atoms with van der Waals surface area (Å²) in [6, 6.07) is 15.5. The SMILES string of the molecule is Cc1cccc(NC(=O)C(CN)c2ccccc2)c1C. The third-order valence-electron chi connectivity index (χ3n) is 3.62. The fraction of sp³-hybridized carbons (Fsp3) is 0.235. The van der Waals surface area contributed by atoms with Crippen molar-refractivity contribution in [2.24, 2.45) is 5.73 Å². The standard InChI is InChI=1S/C17H20N2O/c1-12-7-6-10-16(13(12)2)19-17(20)15(11-18)14-8-4-3-5-9-14/h3-10,15H,11,18H2,1-2H3,(H,19,20). The summed E-state index contributed by atoms with van der Waals surface area (Å²) in [6.07, 6.45) is 0. The molecule has 0 fully saturated rings. The lowest BCUT2D eigenvalue weighted by Gasteiger charge is -2.17. The lowest BCUT2D eigenvalue weighted by atomic mass is 9.98. The molecule has 3 N–H and O–H groups in total. The van der Waals surface area contributed by atoms with E-state index >= 15 is 0 Å². The number of rotatable bonds is 4. The number of nitrogens with two attached hydrogens (primary N) is 1. The first-order valence-electron chi connectivity index (χ1n) is 6.75. The maximum atomic E-state index is 12.4. The monoisotopic (exact) mass is 268 g/mol. The van der Waals surface area contributed by atoms with Gasteiger partial charge in [0.05, 0.1) is 5.92 Å². The van der Waals surface area contributed by atoms with Gasteiger partial charge in [-0.15, -0.1) is 0 Å². The van der Waals surface area contributed by atoms with E-state index < -0.39 is 0 Å². The minimum atomic E-state index is -0.323. The molecule has 0 bridgehead atoms. The topological polar surface area (TPSA) is 55.1 Å². The Kier molecular flexibility index (Phi) is 4.53. The molecule has 0 aliphatic carbocycles. The van der Waals surface area contributed by atoms with E-state index in [-0.39, 0.29) is 11.8 Å². The van der Waals surface area contributed by atoms with Gasteiger partial charge in [-0.05, 0) is 36.6 Å². The average molecular weight is 268 g/mol. The van der Waals surface area contributed by atoms with Crippen LogP contribution < -0.4 is 11.1 Å². The van der Waals surface area contributed by atoms with E-state index in [2.05, 4.69) is 5.32 Å². The highest BCUT2D eigenvalue weighted by Crippen LogP contribution is 2.21. The van der Waals surface area contributed by atoms with Gasteiger partial charge in [-0.25, -0.2) is 0 Å². The third-order valence-corrected chi connectivity index (χ3v) is 3.62. The van der Waals surface area contributed by atoms with Crippen molar-refractivity contribution in [2.75, 3.05) is 11.9 Å². The predicted octanol–water partition coefficient (Wildman–Crippen LogP) is 2.98. The molecule has 1 atom stereocenters. The number of nitrogens with one attached hydrogen (secondary N) is 1. The zero-order valence-corrected chi connectivity index (χ0v) is 11.9. The predicted molar refractivity (Wildman–Crippen MR) is 82.8 cm³/mol. The molecule has 0 heterocycles. The number of aryl methyl sites for hydroxylation is 1. The van der Waals surface area contributed by atoms with Gasteiger partial charge in [-0.2, -0.15) is 0 Å². The number of hydrogen-bond acceptors (Lipinski definition) is 2. The maximum absolute atomic E-state index is 12.4. The first-order chi connectivity index (χ1) is 9.63. The quantitative estimate of drug-likeness (QED) is 0.895. The lowest BCUT2D eigenvalue weighted by molar-refractivity contribution is -0.117. The van der Waals surface area contributed by atoms with Crippen molar-refractivity contribution in [1.82, 2.24) is 0 Å². The van der Waals surface area contributed by atoms with E-state index in [1.807, 2.05) is 62.4 Å². The second-order valence-corrected chi connectivity index (χ2v) is 4.94. The van der Waals surface area contributed by atoms with Gasteiger partial charge in [0.2, 0.25) is 5.91 Å². The molecule has 3 nitrogen and oxygen atoms in total. The van der Waals surface area contributed by atoms with Gasteiger partial charge >= 0.3 is 0 Å². The van der Waals surface area contributed by atoms with Gasteiger partial charge in [0, 0.05) is 12.2 Å². The summed E-state index contributed by atoms with van der Waals surface area (Å²) in [6.45, 7) is 4.33. The Morgan fingerprint density at radius 1 is 1.10 bits per heavy atom. The molecule has 104 valence electrons. The van der Waals surface area contributed by atoms with Crippen molar-refractivity contribution in [2.45, 2.75) is 19.8 Å². The van der Waals surface area contributed by atoms with Gasteiger partial charge < -0.3 is 11.1 Å². The van der Waals surface area contributed by atoms with Crippen LogP contribution in [0.3, 0.4) is 0 Å². The van der Waals surface area contributed by atoms with Crippen molar-refractivity contribution in [3.63, 3.8) is 0 Å². The molecule has 2 aromatic rings. The molecule has 3 heteroatoms. The van der Waals surface area contributed by atoms with E-state index in [1.165, 1.54) is 0 Å². The van der Waals surface area contributed by atoms with Crippen LogP contribution in [0.2, 0.25) is 0 Å². The number of benzene rings is 2. The summed E-state index contributed by atoms with van der Waals surface area (Å²) in [5.74, 6) is -0.386. The number of carbonyl (C=O) groups excluding carboxylic acids is 1. The van der Waals surface area contributed by atoms with Crippen molar-refractivity contribution in [3.05, 3.63) is 65.2 Å². The van der Waals surface area contributed by atoms with Crippen LogP contribution in [0.25, 0.3) is 0 Å². The number of hydrogen-bond donors (Lipinski definition) is 2. The van der Waals surface area contributed by atoms with Crippen molar-refractivity contribution in [1.29, 1.82) is 0 Å². The number of amides is 1. The Hall–Kier alpha value is -2.13. The van der Waals surface area contributed by atoms with Gasteiger partial charge in [0.1, 0.15) is 0 Å². The molecular weight excluding hydrogens is 248 g/mol. The molecule has 20 heavy (non-hydrogen) atoms. The van der Waals surface area contributed by atoms with E-state index in [0.717, 1.165) is 22.4 Å². The van der Waals surface area contributed by atoms with Crippen LogP contribution in [0.4, 0.5) is 5.69 Å². The van der Waals surface area contributed by atoms with Gasteiger partial charge in [0.25, 0.3) is 0 Å². The van der Waals surface area contributed by atoms with Crippen LogP contribution >= 0.6 is 0 Å². The van der Waals surface area contributed by atoms with Gasteiger partial charge in [-0.1, -0.05) is 42.5 Å². The summed E-state index contributed by atoms with van der Waals surface area (Å²) < 4.78 is 0. The fourth-order valence-electron chi connectivity index (χ4n) is 2.19. The molecular formula is C17H20N2O. The van der Waals surface area contributed by atoms with Gasteiger partial charge in [0.15, 0.2) is 0 Å². The first kappa shape index (κ1) is 14.3. The Morgan fingerprint density at radius 3 is 2.45 bits per heavy atom. The van der Waals surface area contributed by atoms with E-state index in [0.29, 0.717) is 6.54 Å². The first-order valence-corrected chi connectivity index (χ1v) is 6.75. The Morgan fingerprint density at radius 2 is 1.80 bits per heavy atom. The Bertz CT molecular complexity index is 593. The molecule has 0 saturated carbocycles. The minimum Gasteiger partial charge on any atom is -0.329 e. The highest BCUT2D eigenvalue weighted by molar-refractivity contribution is 5.96. The van der Waals surface area contributed by atoms with Crippen LogP contribution in [0, 0.1) is 13.8 Å². The number of carbonyl (C=O) groups is 1. The lowest BCUT2D eigenvalue weighted by Crippen LogP contribution is -2.27. The Balaban J connectivity index is 2.20.